The lowest BCUT2D eigenvalue weighted by molar-refractivity contribution is 0.0699. The van der Waals surface area contributed by atoms with E-state index in [0.717, 1.165) is 5.69 Å². The largest absolute Gasteiger partial charge is 0.478 e. The smallest absolute Gasteiger partial charge is 0.337 e. The van der Waals surface area contributed by atoms with Crippen molar-refractivity contribution in [2.75, 3.05) is 0 Å². The van der Waals surface area contributed by atoms with E-state index in [0.29, 0.717) is 11.0 Å². The first kappa shape index (κ1) is 10.5. The van der Waals surface area contributed by atoms with Crippen LogP contribution in [0.5, 0.6) is 0 Å². The number of carboxylic acids is 1. The third-order valence-corrected chi connectivity index (χ3v) is 2.41. The highest BCUT2D eigenvalue weighted by Gasteiger charge is 2.11. The average molecular weight is 216 g/mol. The van der Waals surface area contributed by atoms with E-state index < -0.39 is 5.97 Å². The van der Waals surface area contributed by atoms with E-state index in [9.17, 15) is 4.79 Å². The number of benzene rings is 1. The maximum absolute atomic E-state index is 11.0. The molecule has 2 rings (SSSR count). The summed E-state index contributed by atoms with van der Waals surface area (Å²) >= 11 is 0. The van der Waals surface area contributed by atoms with Crippen LogP contribution in [0.3, 0.4) is 0 Å². The normalized spacial score (nSPS) is 10.9. The van der Waals surface area contributed by atoms with Crippen molar-refractivity contribution in [1.29, 1.82) is 0 Å². The van der Waals surface area contributed by atoms with Gasteiger partial charge in [0.2, 0.25) is 0 Å². The number of carbonyl (C=O) groups is 1. The molecule has 0 unspecified atom stereocenters. The van der Waals surface area contributed by atoms with E-state index in [1.807, 2.05) is 13.8 Å². The van der Waals surface area contributed by atoms with Crippen molar-refractivity contribution < 1.29 is 9.90 Å². The van der Waals surface area contributed by atoms with Crippen LogP contribution in [0.15, 0.2) is 24.4 Å². The Hall–Kier alpha value is -1.97. The number of aromatic carboxylic acids is 1. The molecule has 0 spiro atoms. The van der Waals surface area contributed by atoms with Gasteiger partial charge in [0, 0.05) is 6.20 Å². The van der Waals surface area contributed by atoms with E-state index in [1.54, 1.807) is 18.3 Å². The van der Waals surface area contributed by atoms with Crippen LogP contribution in [-0.4, -0.2) is 21.0 Å². The molecule has 0 bridgehead atoms. The highest BCUT2D eigenvalue weighted by molar-refractivity contribution is 6.00. The zero-order chi connectivity index (χ0) is 11.7. The lowest BCUT2D eigenvalue weighted by Gasteiger charge is -2.06. The van der Waals surface area contributed by atoms with Crippen LogP contribution in [0.4, 0.5) is 0 Å². The quantitative estimate of drug-likeness (QED) is 0.837. The molecule has 0 saturated heterocycles. The van der Waals surface area contributed by atoms with Gasteiger partial charge in [-0.2, -0.15) is 0 Å². The summed E-state index contributed by atoms with van der Waals surface area (Å²) in [6.45, 7) is 4.05. The summed E-state index contributed by atoms with van der Waals surface area (Å²) in [5.74, 6) is -0.692. The van der Waals surface area contributed by atoms with Crippen molar-refractivity contribution in [2.24, 2.45) is 0 Å². The van der Waals surface area contributed by atoms with Gasteiger partial charge in [0.25, 0.3) is 0 Å². The first-order chi connectivity index (χ1) is 7.59. The number of hydrogen-bond donors (Lipinski definition) is 1. The molecule has 0 atom stereocenters. The number of rotatable bonds is 2. The van der Waals surface area contributed by atoms with Crippen LogP contribution in [0.2, 0.25) is 0 Å². The highest BCUT2D eigenvalue weighted by Crippen LogP contribution is 2.18. The topological polar surface area (TPSA) is 63.1 Å². The number of aromatic nitrogens is 2. The lowest BCUT2D eigenvalue weighted by atomic mass is 10.1. The maximum Gasteiger partial charge on any atom is 0.337 e. The second-order valence-corrected chi connectivity index (χ2v) is 3.93. The Kier molecular flexibility index (Phi) is 2.56. The van der Waals surface area contributed by atoms with Gasteiger partial charge in [0.15, 0.2) is 0 Å². The molecule has 0 saturated carbocycles. The summed E-state index contributed by atoms with van der Waals surface area (Å²) in [5, 5.41) is 8.99. The number of hydrogen-bond acceptors (Lipinski definition) is 3. The minimum absolute atomic E-state index is 0.195. The van der Waals surface area contributed by atoms with Crippen molar-refractivity contribution >= 4 is 17.0 Å². The van der Waals surface area contributed by atoms with E-state index in [-0.39, 0.29) is 11.5 Å². The van der Waals surface area contributed by atoms with Crippen LogP contribution in [0.25, 0.3) is 11.0 Å². The Balaban J connectivity index is 2.69. The Labute approximate surface area is 93.0 Å². The molecule has 0 amide bonds. The summed E-state index contributed by atoms with van der Waals surface area (Å²) in [7, 11) is 0. The van der Waals surface area contributed by atoms with Crippen molar-refractivity contribution in [3.05, 3.63) is 35.7 Å². The van der Waals surface area contributed by atoms with Gasteiger partial charge in [-0.25, -0.2) is 9.78 Å². The molecular weight excluding hydrogens is 204 g/mol. The fraction of sp³-hybridized carbons (Fsp3) is 0.250. The van der Waals surface area contributed by atoms with Gasteiger partial charge >= 0.3 is 5.97 Å². The van der Waals surface area contributed by atoms with Crippen molar-refractivity contribution in [1.82, 2.24) is 9.97 Å². The van der Waals surface area contributed by atoms with Gasteiger partial charge in [0.1, 0.15) is 5.52 Å². The fourth-order valence-electron chi connectivity index (χ4n) is 1.51. The zero-order valence-corrected chi connectivity index (χ0v) is 9.14. The second-order valence-electron chi connectivity index (χ2n) is 3.93. The number of carboxylic acid groups (broad SMARTS) is 1. The first-order valence-electron chi connectivity index (χ1n) is 5.08. The molecule has 0 aliphatic heterocycles. The van der Waals surface area contributed by atoms with Crippen LogP contribution < -0.4 is 0 Å². The maximum atomic E-state index is 11.0. The van der Waals surface area contributed by atoms with Crippen LogP contribution in [0, 0.1) is 0 Å². The third-order valence-electron chi connectivity index (χ3n) is 2.41. The van der Waals surface area contributed by atoms with Crippen molar-refractivity contribution in [3.63, 3.8) is 0 Å². The van der Waals surface area contributed by atoms with Gasteiger partial charge in [-0.1, -0.05) is 19.9 Å². The zero-order valence-electron chi connectivity index (χ0n) is 9.14. The molecule has 4 nitrogen and oxygen atoms in total. The molecule has 0 radical (unpaired) electrons. The minimum Gasteiger partial charge on any atom is -0.478 e. The van der Waals surface area contributed by atoms with Gasteiger partial charge in [0.05, 0.1) is 16.8 Å². The molecule has 1 heterocycles. The third kappa shape index (κ3) is 1.74. The minimum atomic E-state index is -0.975. The number of fused-ring (bicyclic) bond motifs is 1. The molecule has 0 aliphatic rings. The Morgan fingerprint density at radius 1 is 1.38 bits per heavy atom. The van der Waals surface area contributed by atoms with E-state index in [4.69, 9.17) is 5.11 Å². The Bertz CT molecular complexity index is 550. The molecule has 0 fully saturated rings. The molecule has 16 heavy (non-hydrogen) atoms. The summed E-state index contributed by atoms with van der Waals surface area (Å²) in [6, 6.07) is 5.00. The van der Waals surface area contributed by atoms with Crippen molar-refractivity contribution in [3.8, 4) is 0 Å². The lowest BCUT2D eigenvalue weighted by Crippen LogP contribution is -2.01. The summed E-state index contributed by atoms with van der Waals surface area (Å²) < 4.78 is 0. The van der Waals surface area contributed by atoms with Crippen LogP contribution in [0.1, 0.15) is 35.8 Å². The van der Waals surface area contributed by atoms with Crippen molar-refractivity contribution in [2.45, 2.75) is 19.8 Å². The van der Waals surface area contributed by atoms with E-state index in [1.165, 1.54) is 6.07 Å². The molecule has 82 valence electrons. The van der Waals surface area contributed by atoms with E-state index >= 15 is 0 Å². The second kappa shape index (κ2) is 3.89. The molecular formula is C12H12N2O2. The van der Waals surface area contributed by atoms with Crippen LogP contribution in [-0.2, 0) is 0 Å². The summed E-state index contributed by atoms with van der Waals surface area (Å²) in [6.07, 6.45) is 1.64. The molecule has 1 aromatic heterocycles. The SMILES string of the molecule is CC(C)c1cnc2c(C(=O)O)cccc2n1. The molecule has 1 N–H and O–H groups in total. The average Bonchev–Trinajstić information content (AvgIpc) is 2.27. The monoisotopic (exact) mass is 216 g/mol. The predicted molar refractivity (Wildman–Crippen MR) is 60.6 cm³/mol. The summed E-state index contributed by atoms with van der Waals surface area (Å²) in [4.78, 5) is 19.5. The number of nitrogens with zero attached hydrogens (tertiary/aromatic N) is 2. The van der Waals surface area contributed by atoms with Gasteiger partial charge in [-0.05, 0) is 18.1 Å². The van der Waals surface area contributed by atoms with Crippen LogP contribution >= 0.6 is 0 Å². The van der Waals surface area contributed by atoms with Gasteiger partial charge in [-0.15, -0.1) is 0 Å². The first-order valence-corrected chi connectivity index (χ1v) is 5.08. The molecule has 1 aromatic carbocycles. The predicted octanol–water partition coefficient (Wildman–Crippen LogP) is 2.45. The molecule has 2 aromatic rings. The standard InChI is InChI=1S/C12H12N2O2/c1-7(2)10-6-13-11-8(12(15)16)4-3-5-9(11)14-10/h3-7H,1-2H3,(H,15,16). The molecule has 0 aliphatic carbocycles. The molecule has 4 heteroatoms. The number of para-hydroxylation sites is 1. The Morgan fingerprint density at radius 3 is 2.75 bits per heavy atom. The van der Waals surface area contributed by atoms with E-state index in [2.05, 4.69) is 9.97 Å². The fourth-order valence-corrected chi connectivity index (χ4v) is 1.51. The highest BCUT2D eigenvalue weighted by atomic mass is 16.4. The van der Waals surface area contributed by atoms with Gasteiger partial charge < -0.3 is 5.11 Å². The Morgan fingerprint density at radius 2 is 2.12 bits per heavy atom. The summed E-state index contributed by atoms with van der Waals surface area (Å²) in [5.41, 5.74) is 2.14. The van der Waals surface area contributed by atoms with Gasteiger partial charge in [-0.3, -0.25) is 4.98 Å².